The normalized spacial score (nSPS) is 17.2. The number of anilines is 1. The molecule has 0 atom stereocenters. The average molecular weight is 396 g/mol. The fourth-order valence-electron chi connectivity index (χ4n) is 3.82. The molecule has 1 saturated carbocycles. The maximum Gasteiger partial charge on any atom is 0.306 e. The fraction of sp³-hybridized carbons (Fsp3) is 0.429. The smallest absolute Gasteiger partial charge is 0.306 e. The van der Waals surface area contributed by atoms with Gasteiger partial charge in [-0.3, -0.25) is 19.1 Å². The van der Waals surface area contributed by atoms with E-state index in [-0.39, 0.29) is 17.7 Å². The van der Waals surface area contributed by atoms with Crippen LogP contribution in [0.15, 0.2) is 30.5 Å². The van der Waals surface area contributed by atoms with Gasteiger partial charge in [0.25, 0.3) is 11.8 Å². The molecule has 2 aliphatic rings. The lowest BCUT2D eigenvalue weighted by atomic mass is 9.96. The second-order valence-electron chi connectivity index (χ2n) is 7.78. The van der Waals surface area contributed by atoms with Crippen LogP contribution in [0.5, 0.6) is 0 Å². The maximum atomic E-state index is 12.7. The highest BCUT2D eigenvalue weighted by atomic mass is 16.4. The first kappa shape index (κ1) is 19.2. The summed E-state index contributed by atoms with van der Waals surface area (Å²) in [4.78, 5) is 38.1. The van der Waals surface area contributed by atoms with Gasteiger partial charge < -0.3 is 15.3 Å². The highest BCUT2D eigenvalue weighted by molar-refractivity contribution is 6.04. The van der Waals surface area contributed by atoms with Gasteiger partial charge in [-0.05, 0) is 55.9 Å². The summed E-state index contributed by atoms with van der Waals surface area (Å²) in [5.41, 5.74) is 2.70. The van der Waals surface area contributed by atoms with Crippen molar-refractivity contribution < 1.29 is 19.5 Å². The van der Waals surface area contributed by atoms with Crippen LogP contribution in [0.4, 0.5) is 5.69 Å². The van der Waals surface area contributed by atoms with Crippen LogP contribution in [-0.4, -0.2) is 50.7 Å². The van der Waals surface area contributed by atoms with Crippen molar-refractivity contribution >= 4 is 23.5 Å². The number of carboxylic acid groups (broad SMARTS) is 1. The van der Waals surface area contributed by atoms with Crippen LogP contribution >= 0.6 is 0 Å². The summed E-state index contributed by atoms with van der Waals surface area (Å²) in [5.74, 6) is -1.06. The van der Waals surface area contributed by atoms with Gasteiger partial charge in [-0.25, -0.2) is 0 Å². The molecular weight excluding hydrogens is 372 g/mol. The number of nitrogens with zero attached hydrogens (tertiary/aromatic N) is 3. The van der Waals surface area contributed by atoms with E-state index in [1.54, 1.807) is 47.1 Å². The molecule has 1 aromatic heterocycles. The van der Waals surface area contributed by atoms with Crippen LogP contribution in [-0.2, 0) is 11.8 Å². The molecule has 2 amide bonds. The number of aromatic nitrogens is 2. The summed E-state index contributed by atoms with van der Waals surface area (Å²) >= 11 is 0. The number of amides is 2. The lowest BCUT2D eigenvalue weighted by Gasteiger charge is -2.30. The van der Waals surface area contributed by atoms with Crippen molar-refractivity contribution in [1.29, 1.82) is 0 Å². The average Bonchev–Trinajstić information content (AvgIpc) is 3.49. The molecule has 8 nitrogen and oxygen atoms in total. The number of nitrogens with one attached hydrogen (secondary N) is 1. The van der Waals surface area contributed by atoms with Gasteiger partial charge in [0, 0.05) is 37.0 Å². The number of carbonyl (C=O) groups excluding carboxylic acids is 2. The zero-order chi connectivity index (χ0) is 20.5. The minimum absolute atomic E-state index is 0.116. The number of hydrogen-bond acceptors (Lipinski definition) is 4. The second kappa shape index (κ2) is 7.69. The molecule has 2 aromatic rings. The van der Waals surface area contributed by atoms with Gasteiger partial charge in [-0.15, -0.1) is 0 Å². The van der Waals surface area contributed by atoms with Crippen LogP contribution in [0, 0.1) is 5.92 Å². The summed E-state index contributed by atoms with van der Waals surface area (Å²) in [6.45, 7) is 0.886. The van der Waals surface area contributed by atoms with Crippen molar-refractivity contribution in [2.24, 2.45) is 13.0 Å². The predicted molar refractivity (Wildman–Crippen MR) is 106 cm³/mol. The Kier molecular flexibility index (Phi) is 5.08. The molecule has 2 N–H and O–H groups in total. The van der Waals surface area contributed by atoms with Gasteiger partial charge in [0.1, 0.15) is 5.69 Å². The molecule has 29 heavy (non-hydrogen) atoms. The van der Waals surface area contributed by atoms with Gasteiger partial charge in [-0.1, -0.05) is 0 Å². The van der Waals surface area contributed by atoms with Gasteiger partial charge in [0.05, 0.1) is 12.1 Å². The van der Waals surface area contributed by atoms with E-state index in [0.29, 0.717) is 48.8 Å². The summed E-state index contributed by atoms with van der Waals surface area (Å²) in [6, 6.07) is 6.79. The van der Waals surface area contributed by atoms with Crippen LogP contribution < -0.4 is 5.32 Å². The molecule has 0 spiro atoms. The van der Waals surface area contributed by atoms with Gasteiger partial charge >= 0.3 is 5.97 Å². The first-order valence-electron chi connectivity index (χ1n) is 9.89. The standard InChI is InChI=1S/C21H24N4O4/c1-24-18(17(12-22-24)13-2-3-13)19(26)23-16-6-4-14(5-7-16)20(27)25-10-8-15(9-11-25)21(28)29/h4-7,12-13,15H,2-3,8-11H2,1H3,(H,23,26)(H,28,29). The Bertz CT molecular complexity index is 938. The Balaban J connectivity index is 1.39. The third kappa shape index (κ3) is 4.01. The first-order chi connectivity index (χ1) is 13.9. The number of likely N-dealkylation sites (tertiary alicyclic amines) is 1. The highest BCUT2D eigenvalue weighted by Gasteiger charge is 2.31. The van der Waals surface area contributed by atoms with E-state index in [1.807, 2.05) is 0 Å². The Morgan fingerprint density at radius 1 is 1.07 bits per heavy atom. The predicted octanol–water partition coefficient (Wildman–Crippen LogP) is 2.49. The number of aryl methyl sites for hydroxylation is 1. The van der Waals surface area contributed by atoms with Crippen molar-refractivity contribution in [1.82, 2.24) is 14.7 Å². The Morgan fingerprint density at radius 2 is 1.72 bits per heavy atom. The number of aliphatic carboxylic acids is 1. The van der Waals surface area contributed by atoms with Crippen molar-refractivity contribution in [3.05, 3.63) is 47.3 Å². The summed E-state index contributed by atoms with van der Waals surface area (Å²) in [5, 5.41) is 16.2. The largest absolute Gasteiger partial charge is 0.481 e. The molecule has 1 aromatic carbocycles. The Labute approximate surface area is 168 Å². The topological polar surface area (TPSA) is 105 Å². The number of rotatable bonds is 5. The molecule has 1 aliphatic heterocycles. The van der Waals surface area contributed by atoms with E-state index in [0.717, 1.165) is 18.4 Å². The molecule has 4 rings (SSSR count). The molecule has 152 valence electrons. The van der Waals surface area contributed by atoms with Crippen molar-refractivity contribution in [2.75, 3.05) is 18.4 Å². The minimum atomic E-state index is -0.796. The number of piperidine rings is 1. The van der Waals surface area contributed by atoms with Gasteiger partial charge in [0.15, 0.2) is 0 Å². The quantitative estimate of drug-likeness (QED) is 0.808. The zero-order valence-corrected chi connectivity index (χ0v) is 16.3. The van der Waals surface area contributed by atoms with E-state index in [9.17, 15) is 14.4 Å². The maximum absolute atomic E-state index is 12.7. The minimum Gasteiger partial charge on any atom is -0.481 e. The lowest BCUT2D eigenvalue weighted by molar-refractivity contribution is -0.143. The van der Waals surface area contributed by atoms with E-state index in [1.165, 1.54) is 0 Å². The number of carboxylic acids is 1. The molecule has 0 unspecified atom stereocenters. The van der Waals surface area contributed by atoms with Crippen molar-refractivity contribution in [3.63, 3.8) is 0 Å². The molecular formula is C21H24N4O4. The first-order valence-corrected chi connectivity index (χ1v) is 9.89. The van der Waals surface area contributed by atoms with Crippen LogP contribution in [0.2, 0.25) is 0 Å². The third-order valence-corrected chi connectivity index (χ3v) is 5.72. The van der Waals surface area contributed by atoms with E-state index in [4.69, 9.17) is 5.11 Å². The van der Waals surface area contributed by atoms with E-state index < -0.39 is 5.97 Å². The van der Waals surface area contributed by atoms with Gasteiger partial charge in [0.2, 0.25) is 0 Å². The summed E-state index contributed by atoms with van der Waals surface area (Å²) in [7, 11) is 1.76. The van der Waals surface area contributed by atoms with Crippen molar-refractivity contribution in [2.45, 2.75) is 31.6 Å². The summed E-state index contributed by atoms with van der Waals surface area (Å²) in [6.07, 6.45) is 4.90. The number of hydrogen-bond donors (Lipinski definition) is 2. The van der Waals surface area contributed by atoms with E-state index >= 15 is 0 Å². The van der Waals surface area contributed by atoms with Gasteiger partial charge in [-0.2, -0.15) is 5.10 Å². The van der Waals surface area contributed by atoms with Crippen LogP contribution in [0.1, 0.15) is 58.0 Å². The molecule has 2 heterocycles. The SMILES string of the molecule is Cn1ncc(C2CC2)c1C(=O)Nc1ccc(C(=O)N2CCC(C(=O)O)CC2)cc1. The lowest BCUT2D eigenvalue weighted by Crippen LogP contribution is -2.40. The fourth-order valence-corrected chi connectivity index (χ4v) is 3.82. The molecule has 1 aliphatic carbocycles. The molecule has 1 saturated heterocycles. The molecule has 0 bridgehead atoms. The molecule has 0 radical (unpaired) electrons. The zero-order valence-electron chi connectivity index (χ0n) is 16.3. The Morgan fingerprint density at radius 3 is 2.31 bits per heavy atom. The molecule has 8 heteroatoms. The number of carbonyl (C=O) groups is 3. The highest BCUT2D eigenvalue weighted by Crippen LogP contribution is 2.41. The molecule has 2 fully saturated rings. The van der Waals surface area contributed by atoms with Crippen LogP contribution in [0.3, 0.4) is 0 Å². The summed E-state index contributed by atoms with van der Waals surface area (Å²) < 4.78 is 1.60. The second-order valence-corrected chi connectivity index (χ2v) is 7.78. The monoisotopic (exact) mass is 396 g/mol. The number of benzene rings is 1. The third-order valence-electron chi connectivity index (χ3n) is 5.72. The van der Waals surface area contributed by atoms with Crippen molar-refractivity contribution in [3.8, 4) is 0 Å². The Hall–Kier alpha value is -3.16. The van der Waals surface area contributed by atoms with E-state index in [2.05, 4.69) is 10.4 Å². The van der Waals surface area contributed by atoms with Crippen LogP contribution in [0.25, 0.3) is 0 Å².